The van der Waals surface area contributed by atoms with Gasteiger partial charge in [0, 0.05) is 34.1 Å². The quantitative estimate of drug-likeness (QED) is 0.100. The smallest absolute Gasteiger partial charge is 0.0775 e. The summed E-state index contributed by atoms with van der Waals surface area (Å²) in [4.78, 5) is 4.90. The largest absolute Gasteiger partial charge is 0.310 e. The number of hydrogen-bond acceptors (Lipinski definition) is 2. The number of hydrogen-bond donors (Lipinski definition) is 0. The fraction of sp³-hybridized carbons (Fsp3) is 0.231. The number of anilines is 6. The number of rotatable bonds is 10. The van der Waals surface area contributed by atoms with E-state index in [1.807, 2.05) is 0 Å². The van der Waals surface area contributed by atoms with Gasteiger partial charge in [0.2, 0.25) is 0 Å². The van der Waals surface area contributed by atoms with Crippen molar-refractivity contribution in [3.8, 4) is 0 Å². The van der Waals surface area contributed by atoms with Crippen LogP contribution >= 0.6 is 0 Å². The highest BCUT2D eigenvalue weighted by Crippen LogP contribution is 2.44. The first-order chi connectivity index (χ1) is 27.3. The lowest BCUT2D eigenvalue weighted by atomic mass is 9.93. The Morgan fingerprint density at radius 2 is 0.431 bits per heavy atom. The molecule has 0 radical (unpaired) electrons. The van der Waals surface area contributed by atoms with Crippen LogP contribution < -0.4 is 30.5 Å². The molecule has 0 N–H and O–H groups in total. The molecule has 0 heterocycles. The molecule has 2 nitrogen and oxygen atoms in total. The highest BCUT2D eigenvalue weighted by Gasteiger charge is 2.24. The van der Waals surface area contributed by atoms with Crippen molar-refractivity contribution in [3.63, 3.8) is 0 Å². The number of benzene rings is 8. The molecule has 0 saturated carbocycles. The molecule has 0 saturated heterocycles. The molecule has 0 atom stereocenters. The maximum absolute atomic E-state index is 2.45. The maximum Gasteiger partial charge on any atom is 0.0775 e. The summed E-state index contributed by atoms with van der Waals surface area (Å²) >= 11 is 0. The molecule has 0 amide bonds. The van der Waals surface area contributed by atoms with E-state index in [-0.39, 0.29) is 0 Å². The van der Waals surface area contributed by atoms with Gasteiger partial charge in [-0.3, -0.25) is 0 Å². The first kappa shape index (κ1) is 40.1. The van der Waals surface area contributed by atoms with Crippen LogP contribution in [0.3, 0.4) is 0 Å². The summed E-state index contributed by atoms with van der Waals surface area (Å²) in [6.07, 6.45) is 0. The standard InChI is InChI=1S/C52H60N2Si4/c1-55(2,3)47-25-17-41(18-26-47)53(42-19-27-48(28-20-42)56(4,5)6)45-33-37-13-15-39-35-46(36-40-16-14-38(34-45)51(37)52(39)40)54(43-21-29-49(30-22-43)57(7,8)9)44-23-31-50(32-24-44)58(10,11)12/h13-36H,1-12H3. The molecular formula is C52H60N2Si4. The van der Waals surface area contributed by atoms with E-state index in [0.29, 0.717) is 0 Å². The Morgan fingerprint density at radius 3 is 0.603 bits per heavy atom. The first-order valence-corrected chi connectivity index (χ1v) is 35.0. The molecule has 0 aliphatic carbocycles. The highest BCUT2D eigenvalue weighted by atomic mass is 28.3. The summed E-state index contributed by atoms with van der Waals surface area (Å²) in [5.74, 6) is 0. The average molecular weight is 825 g/mol. The first-order valence-electron chi connectivity index (χ1n) is 21.0. The molecule has 6 heteroatoms. The van der Waals surface area contributed by atoms with Crippen molar-refractivity contribution in [1.82, 2.24) is 0 Å². The molecule has 294 valence electrons. The van der Waals surface area contributed by atoms with Crippen LogP contribution in [0.5, 0.6) is 0 Å². The van der Waals surface area contributed by atoms with E-state index < -0.39 is 32.3 Å². The van der Waals surface area contributed by atoms with Gasteiger partial charge < -0.3 is 9.80 Å². The second kappa shape index (κ2) is 14.5. The Labute approximate surface area is 351 Å². The topological polar surface area (TPSA) is 6.48 Å². The Hall–Kier alpha value is -4.73. The second-order valence-corrected chi connectivity index (χ2v) is 40.8. The molecule has 58 heavy (non-hydrogen) atoms. The van der Waals surface area contributed by atoms with Gasteiger partial charge in [-0.1, -0.05) is 172 Å². The molecular weight excluding hydrogens is 765 g/mol. The molecule has 0 aromatic heterocycles. The molecule has 8 rings (SSSR count). The Balaban J connectivity index is 1.26. The third-order valence-electron chi connectivity index (χ3n) is 12.0. The SMILES string of the molecule is C[Si](C)(C)c1ccc(N(c2ccc([Si](C)(C)C)cc2)c2cc3ccc4cc(N(c5ccc([Si](C)(C)C)cc5)c5ccc([Si](C)(C)C)cc5)cc5ccc(c2)c3c45)cc1. The van der Waals surface area contributed by atoms with E-state index in [1.165, 1.54) is 87.2 Å². The van der Waals surface area contributed by atoms with Crippen LogP contribution in [0, 0.1) is 0 Å². The van der Waals surface area contributed by atoms with Gasteiger partial charge in [-0.25, -0.2) is 0 Å². The zero-order chi connectivity index (χ0) is 41.4. The molecule has 0 aliphatic heterocycles. The van der Waals surface area contributed by atoms with Gasteiger partial charge in [0.25, 0.3) is 0 Å². The van der Waals surface area contributed by atoms with Crippen LogP contribution in [0.1, 0.15) is 0 Å². The van der Waals surface area contributed by atoms with Gasteiger partial charge in [0.1, 0.15) is 0 Å². The summed E-state index contributed by atoms with van der Waals surface area (Å²) in [7, 11) is -5.76. The van der Waals surface area contributed by atoms with Gasteiger partial charge in [0.05, 0.1) is 32.3 Å². The average Bonchev–Trinajstić information content (AvgIpc) is 3.16. The fourth-order valence-electron chi connectivity index (χ4n) is 8.40. The summed E-state index contributed by atoms with van der Waals surface area (Å²) in [6.45, 7) is 29.1. The molecule has 8 aromatic carbocycles. The minimum Gasteiger partial charge on any atom is -0.310 e. The van der Waals surface area contributed by atoms with E-state index in [2.05, 4.69) is 234 Å². The molecule has 0 unspecified atom stereocenters. The normalized spacial score (nSPS) is 12.8. The van der Waals surface area contributed by atoms with E-state index in [9.17, 15) is 0 Å². The van der Waals surface area contributed by atoms with Gasteiger partial charge in [0.15, 0.2) is 0 Å². The minimum absolute atomic E-state index is 1.18. The predicted octanol–water partition coefficient (Wildman–Crippen LogP) is 13.7. The van der Waals surface area contributed by atoms with Crippen molar-refractivity contribution < 1.29 is 0 Å². The maximum atomic E-state index is 2.45. The summed E-state index contributed by atoms with van der Waals surface area (Å²) in [6, 6.07) is 56.5. The second-order valence-electron chi connectivity index (χ2n) is 20.5. The van der Waals surface area contributed by atoms with Crippen LogP contribution in [0.25, 0.3) is 32.3 Å². The lowest BCUT2D eigenvalue weighted by Crippen LogP contribution is -2.37. The van der Waals surface area contributed by atoms with Gasteiger partial charge in [-0.2, -0.15) is 0 Å². The van der Waals surface area contributed by atoms with Gasteiger partial charge in [-0.15, -0.1) is 0 Å². The van der Waals surface area contributed by atoms with Crippen LogP contribution in [0.2, 0.25) is 78.6 Å². The Bertz CT molecular complexity index is 2350. The van der Waals surface area contributed by atoms with Crippen molar-refractivity contribution in [1.29, 1.82) is 0 Å². The number of nitrogens with zero attached hydrogens (tertiary/aromatic N) is 2. The van der Waals surface area contributed by atoms with Crippen LogP contribution in [0.15, 0.2) is 146 Å². The molecule has 0 spiro atoms. The third-order valence-corrected chi connectivity index (χ3v) is 20.2. The van der Waals surface area contributed by atoms with Crippen molar-refractivity contribution in [3.05, 3.63) is 146 Å². The Kier molecular flexibility index (Phi) is 10.0. The third kappa shape index (κ3) is 7.75. The van der Waals surface area contributed by atoms with Crippen molar-refractivity contribution in [2.24, 2.45) is 0 Å². The molecule has 0 aliphatic rings. The summed E-state index contributed by atoms with van der Waals surface area (Å²) in [5.41, 5.74) is 7.13. The zero-order valence-electron chi connectivity index (χ0n) is 36.8. The van der Waals surface area contributed by atoms with Crippen molar-refractivity contribution >= 4 is 119 Å². The zero-order valence-corrected chi connectivity index (χ0v) is 40.8. The fourth-order valence-corrected chi connectivity index (χ4v) is 13.1. The van der Waals surface area contributed by atoms with E-state index in [4.69, 9.17) is 0 Å². The van der Waals surface area contributed by atoms with Gasteiger partial charge >= 0.3 is 0 Å². The molecule has 8 aromatic rings. The van der Waals surface area contributed by atoms with E-state index >= 15 is 0 Å². The highest BCUT2D eigenvalue weighted by molar-refractivity contribution is 6.90. The predicted molar refractivity (Wildman–Crippen MR) is 271 cm³/mol. The lowest BCUT2D eigenvalue weighted by molar-refractivity contribution is 1.29. The van der Waals surface area contributed by atoms with Crippen molar-refractivity contribution in [2.45, 2.75) is 78.6 Å². The summed E-state index contributed by atoms with van der Waals surface area (Å²) in [5, 5.41) is 13.6. The monoisotopic (exact) mass is 824 g/mol. The minimum atomic E-state index is -1.44. The van der Waals surface area contributed by atoms with Gasteiger partial charge in [-0.05, 0) is 105 Å². The van der Waals surface area contributed by atoms with Crippen LogP contribution in [-0.2, 0) is 0 Å². The Morgan fingerprint density at radius 1 is 0.241 bits per heavy atom. The van der Waals surface area contributed by atoms with Crippen LogP contribution in [0.4, 0.5) is 34.1 Å². The molecule has 0 fully saturated rings. The van der Waals surface area contributed by atoms with E-state index in [0.717, 1.165) is 0 Å². The lowest BCUT2D eigenvalue weighted by Gasteiger charge is -2.29. The molecule has 0 bridgehead atoms. The van der Waals surface area contributed by atoms with Crippen molar-refractivity contribution in [2.75, 3.05) is 9.80 Å². The van der Waals surface area contributed by atoms with E-state index in [1.54, 1.807) is 0 Å². The summed E-state index contributed by atoms with van der Waals surface area (Å²) < 4.78 is 0. The van der Waals surface area contributed by atoms with Crippen LogP contribution in [-0.4, -0.2) is 32.3 Å².